The Labute approximate surface area is 97.2 Å². The predicted octanol–water partition coefficient (Wildman–Crippen LogP) is 2.76. The zero-order chi connectivity index (χ0) is 11.4. The van der Waals surface area contributed by atoms with Crippen molar-refractivity contribution >= 4 is 5.69 Å². The number of hydrogen-bond acceptors (Lipinski definition) is 2. The molecule has 0 heterocycles. The van der Waals surface area contributed by atoms with Gasteiger partial charge < -0.3 is 5.01 Å². The molecule has 1 aliphatic carbocycles. The van der Waals surface area contributed by atoms with Crippen LogP contribution in [0.3, 0.4) is 0 Å². The Morgan fingerprint density at radius 1 is 1.06 bits per heavy atom. The molecule has 84 valence electrons. The average molecular weight is 214 g/mol. The molecular weight excluding hydrogens is 196 g/mol. The molecule has 0 aliphatic heterocycles. The van der Waals surface area contributed by atoms with E-state index >= 15 is 0 Å². The first-order valence-electron chi connectivity index (χ1n) is 5.69. The van der Waals surface area contributed by atoms with Crippen LogP contribution in [0, 0.1) is 5.92 Å². The molecule has 0 aromatic heterocycles. The maximum absolute atomic E-state index is 3.27. The monoisotopic (exact) mass is 214 g/mol. The van der Waals surface area contributed by atoms with Gasteiger partial charge in [-0.2, -0.15) is 0 Å². The third-order valence-corrected chi connectivity index (χ3v) is 2.95. The van der Waals surface area contributed by atoms with Crippen LogP contribution in [-0.4, -0.2) is 13.1 Å². The van der Waals surface area contributed by atoms with E-state index in [1.54, 1.807) is 0 Å². The second-order valence-electron chi connectivity index (χ2n) is 4.05. The highest BCUT2D eigenvalue weighted by molar-refractivity contribution is 5.47. The van der Waals surface area contributed by atoms with Crippen molar-refractivity contribution in [3.05, 3.63) is 54.6 Å². The molecule has 0 fully saturated rings. The number of anilines is 1. The van der Waals surface area contributed by atoms with E-state index in [1.165, 1.54) is 5.69 Å². The fourth-order valence-corrected chi connectivity index (χ4v) is 2.07. The summed E-state index contributed by atoms with van der Waals surface area (Å²) in [7, 11) is 1.96. The maximum Gasteiger partial charge on any atom is 0.0698 e. The summed E-state index contributed by atoms with van der Waals surface area (Å²) in [4.78, 5) is 0. The van der Waals surface area contributed by atoms with Gasteiger partial charge in [-0.1, -0.05) is 49.4 Å². The van der Waals surface area contributed by atoms with Gasteiger partial charge in [0.05, 0.1) is 11.7 Å². The topological polar surface area (TPSA) is 15.3 Å². The lowest BCUT2D eigenvalue weighted by Crippen LogP contribution is -2.46. The lowest BCUT2D eigenvalue weighted by atomic mass is 9.96. The van der Waals surface area contributed by atoms with E-state index < -0.39 is 0 Å². The van der Waals surface area contributed by atoms with Gasteiger partial charge in [0.2, 0.25) is 0 Å². The molecule has 2 nitrogen and oxygen atoms in total. The summed E-state index contributed by atoms with van der Waals surface area (Å²) in [5.74, 6) is 0.512. The molecule has 1 aromatic rings. The van der Waals surface area contributed by atoms with E-state index in [0.29, 0.717) is 12.0 Å². The molecule has 2 rings (SSSR count). The Kier molecular flexibility index (Phi) is 3.42. The minimum absolute atomic E-state index is 0.373. The van der Waals surface area contributed by atoms with Crippen molar-refractivity contribution < 1.29 is 0 Å². The first kappa shape index (κ1) is 11.0. The number of para-hydroxylation sites is 1. The largest absolute Gasteiger partial charge is 0.301 e. The number of nitrogens with zero attached hydrogens (tertiary/aromatic N) is 1. The van der Waals surface area contributed by atoms with Gasteiger partial charge in [0.25, 0.3) is 0 Å². The Bertz CT molecular complexity index is 381. The molecule has 0 spiro atoms. The highest BCUT2D eigenvalue weighted by Gasteiger charge is 2.21. The van der Waals surface area contributed by atoms with E-state index in [4.69, 9.17) is 0 Å². The average Bonchev–Trinajstić information content (AvgIpc) is 2.34. The number of allylic oxidation sites excluding steroid dienone is 2. The summed E-state index contributed by atoms with van der Waals surface area (Å²) in [6.45, 7) is 2.23. The quantitative estimate of drug-likeness (QED) is 0.778. The summed E-state index contributed by atoms with van der Waals surface area (Å²) in [6, 6.07) is 10.8. The molecule has 0 bridgehead atoms. The van der Waals surface area contributed by atoms with E-state index in [0.717, 1.165) is 0 Å². The van der Waals surface area contributed by atoms with Gasteiger partial charge in [0.1, 0.15) is 0 Å². The second kappa shape index (κ2) is 4.99. The first-order valence-corrected chi connectivity index (χ1v) is 5.69. The molecule has 1 N–H and O–H groups in total. The van der Waals surface area contributed by atoms with Crippen LogP contribution < -0.4 is 10.4 Å². The summed E-state index contributed by atoms with van der Waals surface area (Å²) >= 11 is 0. The van der Waals surface area contributed by atoms with Gasteiger partial charge in [-0.05, 0) is 18.1 Å². The fraction of sp³-hybridized carbons (Fsp3) is 0.286. The fourth-order valence-electron chi connectivity index (χ4n) is 2.07. The predicted molar refractivity (Wildman–Crippen MR) is 69.2 cm³/mol. The Morgan fingerprint density at radius 3 is 2.38 bits per heavy atom. The van der Waals surface area contributed by atoms with E-state index in [1.807, 2.05) is 13.1 Å². The van der Waals surface area contributed by atoms with Crippen LogP contribution in [0.1, 0.15) is 6.92 Å². The molecule has 2 heteroatoms. The molecule has 16 heavy (non-hydrogen) atoms. The van der Waals surface area contributed by atoms with Crippen LogP contribution in [0.25, 0.3) is 0 Å². The van der Waals surface area contributed by atoms with Crippen molar-refractivity contribution in [1.29, 1.82) is 0 Å². The molecule has 1 aliphatic rings. The molecule has 2 unspecified atom stereocenters. The number of benzene rings is 1. The minimum atomic E-state index is 0.373. The number of hydrazine groups is 1. The zero-order valence-corrected chi connectivity index (χ0v) is 9.80. The van der Waals surface area contributed by atoms with Crippen LogP contribution in [0.5, 0.6) is 0 Å². The standard InChI is InChI=1S/C14H18N2/c1-12-8-6-7-11-14(12)16(15-2)13-9-4-3-5-10-13/h3-12,14-15H,1-2H3. The Hall–Kier alpha value is -1.54. The summed E-state index contributed by atoms with van der Waals surface area (Å²) in [5.41, 5.74) is 4.46. The maximum atomic E-state index is 3.27. The van der Waals surface area contributed by atoms with Gasteiger partial charge in [0, 0.05) is 7.05 Å². The van der Waals surface area contributed by atoms with Crippen LogP contribution >= 0.6 is 0 Å². The van der Waals surface area contributed by atoms with Crippen molar-refractivity contribution in [2.45, 2.75) is 13.0 Å². The normalized spacial score (nSPS) is 23.4. The Balaban J connectivity index is 2.23. The molecule has 0 radical (unpaired) electrons. The number of nitrogens with one attached hydrogen (secondary N) is 1. The molecular formula is C14H18N2. The van der Waals surface area contributed by atoms with Crippen LogP contribution in [0.4, 0.5) is 5.69 Å². The van der Waals surface area contributed by atoms with Crippen LogP contribution in [0.15, 0.2) is 54.6 Å². The zero-order valence-electron chi connectivity index (χ0n) is 9.80. The van der Waals surface area contributed by atoms with Crippen LogP contribution in [0.2, 0.25) is 0 Å². The number of hydrogen-bond donors (Lipinski definition) is 1. The number of rotatable bonds is 3. The SMILES string of the molecule is CNN(c1ccccc1)C1C=CC=CC1C. The minimum Gasteiger partial charge on any atom is -0.301 e. The van der Waals surface area contributed by atoms with Crippen molar-refractivity contribution in [1.82, 2.24) is 5.43 Å². The molecule has 0 saturated heterocycles. The molecule has 2 atom stereocenters. The summed E-state index contributed by atoms with van der Waals surface area (Å²) in [6.07, 6.45) is 8.68. The van der Waals surface area contributed by atoms with E-state index in [-0.39, 0.29) is 0 Å². The lowest BCUT2D eigenvalue weighted by molar-refractivity contribution is 0.524. The second-order valence-corrected chi connectivity index (χ2v) is 4.05. The van der Waals surface area contributed by atoms with Crippen LogP contribution in [-0.2, 0) is 0 Å². The molecule has 0 saturated carbocycles. The third-order valence-electron chi connectivity index (χ3n) is 2.95. The first-order chi connectivity index (χ1) is 7.83. The van der Waals surface area contributed by atoms with Gasteiger partial charge in [-0.3, -0.25) is 0 Å². The van der Waals surface area contributed by atoms with Gasteiger partial charge >= 0.3 is 0 Å². The van der Waals surface area contributed by atoms with E-state index in [2.05, 4.69) is 65.9 Å². The van der Waals surface area contributed by atoms with Gasteiger partial charge in [-0.25, -0.2) is 5.43 Å². The highest BCUT2D eigenvalue weighted by atomic mass is 15.5. The third kappa shape index (κ3) is 2.17. The van der Waals surface area contributed by atoms with Crippen molar-refractivity contribution in [2.75, 3.05) is 12.1 Å². The Morgan fingerprint density at radius 2 is 1.75 bits per heavy atom. The van der Waals surface area contributed by atoms with Crippen molar-refractivity contribution in [3.8, 4) is 0 Å². The summed E-state index contributed by atoms with van der Waals surface area (Å²) < 4.78 is 0. The van der Waals surface area contributed by atoms with Gasteiger partial charge in [-0.15, -0.1) is 0 Å². The molecule has 1 aromatic carbocycles. The van der Waals surface area contributed by atoms with Crippen molar-refractivity contribution in [3.63, 3.8) is 0 Å². The van der Waals surface area contributed by atoms with Crippen molar-refractivity contribution in [2.24, 2.45) is 5.92 Å². The van der Waals surface area contributed by atoms with E-state index in [9.17, 15) is 0 Å². The lowest BCUT2D eigenvalue weighted by Gasteiger charge is -2.34. The summed E-state index contributed by atoms with van der Waals surface area (Å²) in [5, 5.41) is 2.20. The molecule has 0 amide bonds. The van der Waals surface area contributed by atoms with Gasteiger partial charge in [0.15, 0.2) is 0 Å². The highest BCUT2D eigenvalue weighted by Crippen LogP contribution is 2.22. The smallest absolute Gasteiger partial charge is 0.0698 e.